The Morgan fingerprint density at radius 1 is 1.29 bits per heavy atom. The summed E-state index contributed by atoms with van der Waals surface area (Å²) < 4.78 is 12.8. The van der Waals surface area contributed by atoms with Crippen LogP contribution in [0.4, 0.5) is 16.4 Å². The Hall–Kier alpha value is -3.18. The molecular formula is C23H32N8O3. The van der Waals surface area contributed by atoms with Crippen LogP contribution in [0.25, 0.3) is 5.52 Å². The van der Waals surface area contributed by atoms with Gasteiger partial charge in [0.15, 0.2) is 11.6 Å². The fraction of sp³-hybridized carbons (Fsp3) is 0.565. The number of aromatic amines is 1. The summed E-state index contributed by atoms with van der Waals surface area (Å²) in [6.45, 7) is 8.00. The molecule has 2 fully saturated rings. The lowest BCUT2D eigenvalue weighted by Crippen LogP contribution is -2.35. The van der Waals surface area contributed by atoms with Crippen LogP contribution in [0.5, 0.6) is 0 Å². The van der Waals surface area contributed by atoms with Crippen LogP contribution in [0.15, 0.2) is 24.5 Å². The molecule has 11 nitrogen and oxygen atoms in total. The van der Waals surface area contributed by atoms with Gasteiger partial charge in [-0.2, -0.15) is 10.2 Å². The van der Waals surface area contributed by atoms with Crippen molar-refractivity contribution in [1.29, 1.82) is 0 Å². The smallest absolute Gasteiger partial charge is 0.407 e. The van der Waals surface area contributed by atoms with Crippen molar-refractivity contribution in [2.24, 2.45) is 0 Å². The van der Waals surface area contributed by atoms with Crippen LogP contribution in [0, 0.1) is 0 Å². The van der Waals surface area contributed by atoms with Gasteiger partial charge < -0.3 is 20.1 Å². The molecule has 1 saturated carbocycles. The molecular weight excluding hydrogens is 436 g/mol. The molecule has 0 aromatic carbocycles. The highest BCUT2D eigenvalue weighted by Gasteiger charge is 2.30. The summed E-state index contributed by atoms with van der Waals surface area (Å²) in [5.41, 5.74) is 2.94. The lowest BCUT2D eigenvalue weighted by Gasteiger charge is -2.25. The van der Waals surface area contributed by atoms with E-state index in [4.69, 9.17) is 14.6 Å². The minimum absolute atomic E-state index is 0.0650. The quantitative estimate of drug-likeness (QED) is 0.484. The number of H-pyrrole nitrogens is 1. The molecule has 0 spiro atoms. The topological polar surface area (TPSA) is 122 Å². The van der Waals surface area contributed by atoms with Crippen molar-refractivity contribution in [3.63, 3.8) is 0 Å². The highest BCUT2D eigenvalue weighted by molar-refractivity contribution is 5.72. The Morgan fingerprint density at radius 2 is 2.15 bits per heavy atom. The molecule has 182 valence electrons. The molecule has 3 aromatic heterocycles. The molecule has 1 aliphatic heterocycles. The summed E-state index contributed by atoms with van der Waals surface area (Å²) in [6.07, 6.45) is 5.75. The maximum Gasteiger partial charge on any atom is 0.407 e. The molecule has 11 heteroatoms. The van der Waals surface area contributed by atoms with E-state index in [9.17, 15) is 4.79 Å². The number of carbonyl (C=O) groups is 1. The van der Waals surface area contributed by atoms with E-state index in [1.165, 1.54) is 0 Å². The minimum atomic E-state index is -0.347. The highest BCUT2D eigenvalue weighted by Crippen LogP contribution is 2.36. The van der Waals surface area contributed by atoms with Crippen molar-refractivity contribution in [3.8, 4) is 0 Å². The van der Waals surface area contributed by atoms with Crippen LogP contribution in [0.2, 0.25) is 0 Å². The maximum absolute atomic E-state index is 11.9. The van der Waals surface area contributed by atoms with Crippen LogP contribution in [0.3, 0.4) is 0 Å². The molecule has 2 atom stereocenters. The summed E-state index contributed by atoms with van der Waals surface area (Å²) in [5.74, 6) is 1.69. The van der Waals surface area contributed by atoms with Gasteiger partial charge in [-0.25, -0.2) is 14.3 Å². The molecule has 34 heavy (non-hydrogen) atoms. The molecule has 4 heterocycles. The van der Waals surface area contributed by atoms with Gasteiger partial charge in [-0.05, 0) is 39.2 Å². The van der Waals surface area contributed by atoms with Crippen LogP contribution in [-0.4, -0.2) is 74.2 Å². The average molecular weight is 469 g/mol. The van der Waals surface area contributed by atoms with E-state index in [1.807, 2.05) is 30.6 Å². The largest absolute Gasteiger partial charge is 0.446 e. The van der Waals surface area contributed by atoms with Gasteiger partial charge in [0.2, 0.25) is 0 Å². The molecule has 1 aliphatic carbocycles. The first-order valence-electron chi connectivity index (χ1n) is 12.0. The van der Waals surface area contributed by atoms with E-state index in [1.54, 1.807) is 6.20 Å². The molecule has 3 N–H and O–H groups in total. The van der Waals surface area contributed by atoms with Crippen molar-refractivity contribution in [2.45, 2.75) is 57.7 Å². The summed E-state index contributed by atoms with van der Waals surface area (Å²) in [7, 11) is 0. The molecule has 0 radical (unpaired) electrons. The van der Waals surface area contributed by atoms with Gasteiger partial charge in [0, 0.05) is 55.7 Å². The van der Waals surface area contributed by atoms with Gasteiger partial charge in [0.25, 0.3) is 0 Å². The van der Waals surface area contributed by atoms with Crippen molar-refractivity contribution in [2.75, 3.05) is 31.6 Å². The Labute approximate surface area is 198 Å². The van der Waals surface area contributed by atoms with Gasteiger partial charge in [-0.15, -0.1) is 0 Å². The third-order valence-corrected chi connectivity index (χ3v) is 6.28. The summed E-state index contributed by atoms with van der Waals surface area (Å²) >= 11 is 0. The van der Waals surface area contributed by atoms with E-state index in [0.29, 0.717) is 11.6 Å². The number of nitrogens with zero attached hydrogens (tertiary/aromatic N) is 5. The number of hydrogen-bond acceptors (Lipinski definition) is 8. The van der Waals surface area contributed by atoms with Crippen molar-refractivity contribution >= 4 is 23.2 Å². The lowest BCUT2D eigenvalue weighted by atomic mass is 10.0. The number of alkyl carbamates (subject to hydrolysis) is 1. The molecule has 0 bridgehead atoms. The van der Waals surface area contributed by atoms with E-state index in [2.05, 4.69) is 36.8 Å². The monoisotopic (exact) mass is 468 g/mol. The van der Waals surface area contributed by atoms with Crippen LogP contribution in [0.1, 0.15) is 50.4 Å². The Kier molecular flexibility index (Phi) is 6.63. The lowest BCUT2D eigenvalue weighted by molar-refractivity contribution is 0.0336. The first-order valence-corrected chi connectivity index (χ1v) is 12.0. The number of aromatic nitrogens is 5. The zero-order chi connectivity index (χ0) is 23.5. The predicted octanol–water partition coefficient (Wildman–Crippen LogP) is 2.80. The molecule has 2 aliphatic rings. The van der Waals surface area contributed by atoms with Gasteiger partial charge in [-0.3, -0.25) is 10.00 Å². The zero-order valence-electron chi connectivity index (χ0n) is 19.7. The number of anilines is 2. The molecule has 1 saturated heterocycles. The van der Waals surface area contributed by atoms with E-state index < -0.39 is 0 Å². The number of ether oxygens (including phenoxy) is 2. The van der Waals surface area contributed by atoms with Crippen LogP contribution < -0.4 is 10.6 Å². The Balaban J connectivity index is 1.22. The second-order valence-electron chi connectivity index (χ2n) is 9.30. The van der Waals surface area contributed by atoms with Crippen LogP contribution >= 0.6 is 0 Å². The van der Waals surface area contributed by atoms with E-state index in [0.717, 1.165) is 69.0 Å². The average Bonchev–Trinajstić information content (AvgIpc) is 3.54. The van der Waals surface area contributed by atoms with Gasteiger partial charge >= 0.3 is 6.09 Å². The Bertz CT molecular complexity index is 1120. The van der Waals surface area contributed by atoms with Gasteiger partial charge in [-0.1, -0.05) is 0 Å². The summed E-state index contributed by atoms with van der Waals surface area (Å²) in [5, 5.41) is 18.4. The normalized spacial score (nSPS) is 21.3. The van der Waals surface area contributed by atoms with Crippen molar-refractivity contribution in [3.05, 3.63) is 35.9 Å². The predicted molar refractivity (Wildman–Crippen MR) is 126 cm³/mol. The Morgan fingerprint density at radius 3 is 2.97 bits per heavy atom. The molecule has 1 amide bonds. The molecule has 5 rings (SSSR count). The number of carbonyl (C=O) groups excluding carboxylic acids is 1. The fourth-order valence-electron chi connectivity index (χ4n) is 4.62. The van der Waals surface area contributed by atoms with Gasteiger partial charge in [0.1, 0.15) is 11.6 Å². The number of nitrogens with one attached hydrogen (secondary N) is 3. The number of rotatable bonds is 7. The van der Waals surface area contributed by atoms with Crippen molar-refractivity contribution < 1.29 is 14.3 Å². The fourth-order valence-corrected chi connectivity index (χ4v) is 4.62. The standard InChI is InChI=1S/C23H32N8O3/c1-15(2)25-23(32)34-18-4-3-16(11-18)19-13-21(28-27-19)26-22-20-12-17(29-31(20)6-5-24-22)14-30-7-9-33-10-8-30/h5-6,12-13,15-16,18H,3-4,7-11,14H2,1-2H3,(H,25,32)(H2,24,26,27,28)/t16?,18-/m1/s1. The first kappa shape index (κ1) is 22.6. The third-order valence-electron chi connectivity index (χ3n) is 6.28. The van der Waals surface area contributed by atoms with E-state index in [-0.39, 0.29) is 24.2 Å². The molecule has 1 unspecified atom stereocenters. The summed E-state index contributed by atoms with van der Waals surface area (Å²) in [6, 6.07) is 4.15. The SMILES string of the molecule is CC(C)NC(=O)O[C@@H]1CCC(c2cc(Nc3nccn4nc(CN5CCOCC5)cc34)n[nH]2)C1. The second-order valence-corrected chi connectivity index (χ2v) is 9.30. The number of hydrogen-bond donors (Lipinski definition) is 3. The second kappa shape index (κ2) is 9.98. The first-order chi connectivity index (χ1) is 16.5. The summed E-state index contributed by atoms with van der Waals surface area (Å²) in [4.78, 5) is 18.8. The van der Waals surface area contributed by atoms with E-state index >= 15 is 0 Å². The minimum Gasteiger partial charge on any atom is -0.446 e. The number of amides is 1. The maximum atomic E-state index is 11.9. The van der Waals surface area contributed by atoms with Crippen molar-refractivity contribution in [1.82, 2.24) is 35.0 Å². The number of fused-ring (bicyclic) bond motifs is 1. The highest BCUT2D eigenvalue weighted by atomic mass is 16.6. The van der Waals surface area contributed by atoms with Gasteiger partial charge in [0.05, 0.1) is 18.9 Å². The number of morpholine rings is 1. The van der Waals surface area contributed by atoms with Crippen LogP contribution in [-0.2, 0) is 16.0 Å². The zero-order valence-corrected chi connectivity index (χ0v) is 19.7. The molecule has 3 aromatic rings. The third kappa shape index (κ3) is 5.31.